The Kier molecular flexibility index (Phi) is 6.45. The summed E-state index contributed by atoms with van der Waals surface area (Å²) in [6.45, 7) is 3.64. The van der Waals surface area contributed by atoms with Crippen molar-refractivity contribution in [1.82, 2.24) is 0 Å². The molecule has 0 amide bonds. The Balaban J connectivity index is 0.00000169. The molecule has 1 atom stereocenters. The minimum absolute atomic E-state index is 0. The van der Waals surface area contributed by atoms with Crippen molar-refractivity contribution in [1.29, 1.82) is 0 Å². The van der Waals surface area contributed by atoms with E-state index in [2.05, 4.69) is 22.5 Å². The Bertz CT molecular complexity index is 315. The molecule has 1 rings (SSSR count). The Morgan fingerprint density at radius 3 is 2.79 bits per heavy atom. The van der Waals surface area contributed by atoms with Crippen molar-refractivity contribution < 1.29 is 0 Å². The van der Waals surface area contributed by atoms with E-state index in [-0.39, 0.29) is 18.4 Å². The molecule has 0 saturated carbocycles. The van der Waals surface area contributed by atoms with Gasteiger partial charge in [0.15, 0.2) is 0 Å². The summed E-state index contributed by atoms with van der Waals surface area (Å²) in [6, 6.07) is 5.61. The van der Waals surface area contributed by atoms with Crippen LogP contribution in [0.5, 0.6) is 0 Å². The molecular weight excluding hydrogens is 285 g/mol. The minimum Gasteiger partial charge on any atom is -0.324 e. The average molecular weight is 297 g/mol. The second-order valence-electron chi connectivity index (χ2n) is 2.80. The molecule has 0 aliphatic carbocycles. The van der Waals surface area contributed by atoms with Gasteiger partial charge in [-0.15, -0.1) is 19.0 Å². The van der Waals surface area contributed by atoms with E-state index in [9.17, 15) is 0 Å². The summed E-state index contributed by atoms with van der Waals surface area (Å²) in [7, 11) is 0. The smallest absolute Gasteiger partial charge is 0.0454 e. The second kappa shape index (κ2) is 6.46. The van der Waals surface area contributed by atoms with E-state index in [0.717, 1.165) is 16.5 Å². The molecule has 0 radical (unpaired) electrons. The maximum Gasteiger partial charge on any atom is 0.0454 e. The fraction of sp³-hybridized carbons (Fsp3) is 0.200. The summed E-state index contributed by atoms with van der Waals surface area (Å²) in [6.07, 6.45) is 2.53. The molecule has 1 nitrogen and oxygen atoms in total. The molecule has 14 heavy (non-hydrogen) atoms. The first-order chi connectivity index (χ1) is 6.15. The van der Waals surface area contributed by atoms with E-state index in [1.165, 1.54) is 0 Å². The van der Waals surface area contributed by atoms with Crippen LogP contribution < -0.4 is 5.73 Å². The Hall–Kier alpha value is -0.0200. The van der Waals surface area contributed by atoms with Crippen molar-refractivity contribution in [3.8, 4) is 0 Å². The highest BCUT2D eigenvalue weighted by molar-refractivity contribution is 9.10. The van der Waals surface area contributed by atoms with Crippen molar-refractivity contribution in [3.63, 3.8) is 0 Å². The summed E-state index contributed by atoms with van der Waals surface area (Å²) < 4.78 is 0.992. The first-order valence-corrected chi connectivity index (χ1v) is 5.13. The van der Waals surface area contributed by atoms with E-state index in [4.69, 9.17) is 17.3 Å². The molecule has 1 aromatic carbocycles. The van der Waals surface area contributed by atoms with Crippen LogP contribution >= 0.6 is 39.9 Å². The van der Waals surface area contributed by atoms with Gasteiger partial charge in [-0.25, -0.2) is 0 Å². The molecule has 0 aliphatic rings. The highest BCUT2D eigenvalue weighted by atomic mass is 79.9. The van der Waals surface area contributed by atoms with Gasteiger partial charge < -0.3 is 5.73 Å². The van der Waals surface area contributed by atoms with Crippen LogP contribution in [-0.4, -0.2) is 0 Å². The van der Waals surface area contributed by atoms with Gasteiger partial charge in [-0.3, -0.25) is 0 Å². The van der Waals surface area contributed by atoms with Gasteiger partial charge in [0.05, 0.1) is 0 Å². The van der Waals surface area contributed by atoms with Crippen molar-refractivity contribution in [2.45, 2.75) is 12.5 Å². The molecule has 0 aliphatic heterocycles. The maximum atomic E-state index is 5.99. The van der Waals surface area contributed by atoms with E-state index in [0.29, 0.717) is 5.02 Å². The zero-order valence-electron chi connectivity index (χ0n) is 7.54. The molecule has 0 fully saturated rings. The van der Waals surface area contributed by atoms with Gasteiger partial charge in [0, 0.05) is 15.5 Å². The number of rotatable bonds is 3. The van der Waals surface area contributed by atoms with Gasteiger partial charge in [-0.05, 0) is 30.2 Å². The predicted octanol–water partition coefficient (Wildman–Crippen LogP) is 4.10. The lowest BCUT2D eigenvalue weighted by Crippen LogP contribution is -2.09. The van der Waals surface area contributed by atoms with Crippen molar-refractivity contribution in [3.05, 3.63) is 45.9 Å². The van der Waals surface area contributed by atoms with Crippen LogP contribution in [-0.2, 0) is 0 Å². The van der Waals surface area contributed by atoms with Crippen molar-refractivity contribution in [2.24, 2.45) is 5.73 Å². The van der Waals surface area contributed by atoms with E-state index >= 15 is 0 Å². The summed E-state index contributed by atoms with van der Waals surface area (Å²) in [5, 5.41) is 0.706. The molecule has 78 valence electrons. The summed E-state index contributed by atoms with van der Waals surface area (Å²) >= 11 is 9.37. The van der Waals surface area contributed by atoms with Gasteiger partial charge in [-0.1, -0.05) is 33.6 Å². The molecule has 0 bridgehead atoms. The summed E-state index contributed by atoms with van der Waals surface area (Å²) in [4.78, 5) is 0. The lowest BCUT2D eigenvalue weighted by Gasteiger charge is -2.11. The van der Waals surface area contributed by atoms with Gasteiger partial charge >= 0.3 is 0 Å². The topological polar surface area (TPSA) is 26.0 Å². The van der Waals surface area contributed by atoms with Crippen molar-refractivity contribution >= 4 is 39.9 Å². The molecule has 1 aromatic rings. The zero-order valence-corrected chi connectivity index (χ0v) is 10.7. The first kappa shape index (κ1) is 14.0. The van der Waals surface area contributed by atoms with Gasteiger partial charge in [-0.2, -0.15) is 0 Å². The molecule has 4 heteroatoms. The third-order valence-electron chi connectivity index (χ3n) is 1.78. The summed E-state index contributed by atoms with van der Waals surface area (Å²) in [5.41, 5.74) is 6.85. The molecule has 0 aromatic heterocycles. The average Bonchev–Trinajstić information content (AvgIpc) is 2.09. The van der Waals surface area contributed by atoms with E-state index < -0.39 is 0 Å². The highest BCUT2D eigenvalue weighted by Crippen LogP contribution is 2.26. The Morgan fingerprint density at radius 2 is 2.21 bits per heavy atom. The maximum absolute atomic E-state index is 5.99. The third kappa shape index (κ3) is 3.62. The number of hydrogen-bond donors (Lipinski definition) is 1. The van der Waals surface area contributed by atoms with Crippen LogP contribution in [0.15, 0.2) is 35.3 Å². The van der Waals surface area contributed by atoms with Crippen LogP contribution in [0.25, 0.3) is 0 Å². The van der Waals surface area contributed by atoms with Crippen LogP contribution in [0.4, 0.5) is 0 Å². The molecule has 0 unspecified atom stereocenters. The van der Waals surface area contributed by atoms with E-state index in [1.54, 1.807) is 6.08 Å². The Morgan fingerprint density at radius 1 is 1.57 bits per heavy atom. The van der Waals surface area contributed by atoms with Crippen LogP contribution in [0.1, 0.15) is 18.0 Å². The molecule has 0 heterocycles. The second-order valence-corrected chi connectivity index (χ2v) is 4.12. The van der Waals surface area contributed by atoms with Gasteiger partial charge in [0.25, 0.3) is 0 Å². The fourth-order valence-electron chi connectivity index (χ4n) is 1.11. The van der Waals surface area contributed by atoms with Crippen LogP contribution in [0.2, 0.25) is 5.02 Å². The van der Waals surface area contributed by atoms with Crippen LogP contribution in [0, 0.1) is 0 Å². The lowest BCUT2D eigenvalue weighted by atomic mass is 10.1. The predicted molar refractivity (Wildman–Crippen MR) is 68.1 cm³/mol. The molecule has 2 N–H and O–H groups in total. The quantitative estimate of drug-likeness (QED) is 0.835. The Labute approximate surface area is 104 Å². The molecular formula is C10H12BrCl2N. The minimum atomic E-state index is -0.0671. The van der Waals surface area contributed by atoms with E-state index in [1.807, 2.05) is 18.2 Å². The fourth-order valence-corrected chi connectivity index (χ4v) is 1.74. The largest absolute Gasteiger partial charge is 0.324 e. The standard InChI is InChI=1S/C10H11BrClN.ClH/c1-2-3-10(13)8-6-7(11)4-5-9(8)12;/h2,4-6,10H,1,3,13H2;1H/t10-;/m0./s1. The number of benzene rings is 1. The SMILES string of the molecule is C=CC[C@H](N)c1cc(Br)ccc1Cl.Cl. The van der Waals surface area contributed by atoms with Crippen molar-refractivity contribution in [2.75, 3.05) is 0 Å². The zero-order chi connectivity index (χ0) is 9.84. The molecule has 0 spiro atoms. The molecule has 0 saturated heterocycles. The normalized spacial score (nSPS) is 11.6. The van der Waals surface area contributed by atoms with Gasteiger partial charge in [0.1, 0.15) is 0 Å². The number of hydrogen-bond acceptors (Lipinski definition) is 1. The van der Waals surface area contributed by atoms with Crippen LogP contribution in [0.3, 0.4) is 0 Å². The summed E-state index contributed by atoms with van der Waals surface area (Å²) in [5.74, 6) is 0. The monoisotopic (exact) mass is 295 g/mol. The highest BCUT2D eigenvalue weighted by Gasteiger charge is 2.08. The number of halogens is 3. The van der Waals surface area contributed by atoms with Gasteiger partial charge in [0.2, 0.25) is 0 Å². The lowest BCUT2D eigenvalue weighted by molar-refractivity contribution is 0.741. The third-order valence-corrected chi connectivity index (χ3v) is 2.62. The first-order valence-electron chi connectivity index (χ1n) is 3.96. The number of nitrogens with two attached hydrogens (primary N) is 1.